The second-order valence-corrected chi connectivity index (χ2v) is 3.50. The number of ketones is 1. The van der Waals surface area contributed by atoms with Crippen molar-refractivity contribution >= 4 is 5.78 Å². The van der Waals surface area contributed by atoms with Crippen LogP contribution in [0.3, 0.4) is 0 Å². The van der Waals surface area contributed by atoms with Crippen molar-refractivity contribution in [1.29, 1.82) is 0 Å². The number of rotatable bonds is 2. The fourth-order valence-electron chi connectivity index (χ4n) is 0.472. The van der Waals surface area contributed by atoms with E-state index in [0.29, 0.717) is 0 Å². The third-order valence-electron chi connectivity index (χ3n) is 0.927. The summed E-state index contributed by atoms with van der Waals surface area (Å²) in [7, 11) is 0. The highest BCUT2D eigenvalue weighted by Gasteiger charge is 2.09. The molecule has 0 radical (unpaired) electrons. The van der Waals surface area contributed by atoms with E-state index in [2.05, 4.69) is 20.8 Å². The zero-order chi connectivity index (χ0) is 8.20. The van der Waals surface area contributed by atoms with E-state index in [1.54, 1.807) is 13.0 Å². The molecule has 0 bridgehead atoms. The molecule has 0 aliphatic rings. The monoisotopic (exact) mass is 142 g/mol. The minimum atomic E-state index is 0.0977. The molecule has 0 aliphatic carbocycles. The van der Waals surface area contributed by atoms with Crippen molar-refractivity contribution < 1.29 is 10.1 Å². The zero-order valence-corrected chi connectivity index (χ0v) is 7.14. The van der Waals surface area contributed by atoms with Crippen molar-refractivity contribution in [1.82, 2.24) is 0 Å². The number of carbonyl (C=O) groups excluding carboxylic acids is 1. The average Bonchev–Trinajstić information content (AvgIpc) is 1.59. The Balaban J connectivity index is 3.64. The van der Waals surface area contributed by atoms with E-state index < -0.39 is 0 Å². The summed E-state index contributed by atoms with van der Waals surface area (Å²) < 4.78 is 0. The first-order valence-electron chi connectivity index (χ1n) is 3.45. The zero-order valence-electron chi connectivity index (χ0n) is 7.14. The lowest BCUT2D eigenvalue weighted by molar-refractivity contribution is -0.657. The summed E-state index contributed by atoms with van der Waals surface area (Å²) in [5.41, 5.74) is 0.173. The molecule has 0 rings (SSSR count). The summed E-state index contributed by atoms with van der Waals surface area (Å²) in [6.45, 7) is 7.83. The molecule has 0 saturated carbocycles. The van der Waals surface area contributed by atoms with Crippen molar-refractivity contribution in [3.63, 3.8) is 0 Å². The van der Waals surface area contributed by atoms with E-state index in [1.807, 2.05) is 11.5 Å². The molecule has 0 atom stereocenters. The summed E-state index contributed by atoms with van der Waals surface area (Å²) in [5.74, 6) is 0.0977. The Morgan fingerprint density at radius 3 is 2.20 bits per heavy atom. The van der Waals surface area contributed by atoms with Gasteiger partial charge in [-0.25, -0.2) is 0 Å². The molecule has 0 saturated heterocycles. The molecule has 2 nitrogen and oxygen atoms in total. The molecule has 0 aromatic carbocycles. The third-order valence-corrected chi connectivity index (χ3v) is 0.927. The van der Waals surface area contributed by atoms with Crippen molar-refractivity contribution in [2.24, 2.45) is 0 Å². The van der Waals surface area contributed by atoms with Gasteiger partial charge in [0.25, 0.3) is 0 Å². The second kappa shape index (κ2) is 3.52. The van der Waals surface area contributed by atoms with Crippen LogP contribution in [-0.4, -0.2) is 11.3 Å². The maximum Gasteiger partial charge on any atom is 0.157 e. The summed E-state index contributed by atoms with van der Waals surface area (Å²) in [5, 5.41) is 2.01. The Morgan fingerprint density at radius 1 is 1.40 bits per heavy atom. The van der Waals surface area contributed by atoms with Gasteiger partial charge >= 0.3 is 0 Å². The SMILES string of the molecule is CC(=O)/C=C/[NH2+]C(C)(C)C. The smallest absolute Gasteiger partial charge is 0.157 e. The molecule has 0 spiro atoms. The summed E-state index contributed by atoms with van der Waals surface area (Å²) in [4.78, 5) is 10.4. The minimum absolute atomic E-state index is 0.0977. The maximum atomic E-state index is 10.4. The largest absolute Gasteiger partial charge is 0.316 e. The molecule has 0 aromatic rings. The molecular weight excluding hydrogens is 126 g/mol. The van der Waals surface area contributed by atoms with Crippen molar-refractivity contribution in [2.75, 3.05) is 0 Å². The highest BCUT2D eigenvalue weighted by Crippen LogP contribution is 1.87. The molecule has 2 N–H and O–H groups in total. The number of hydrogen-bond acceptors (Lipinski definition) is 1. The van der Waals surface area contributed by atoms with Gasteiger partial charge in [0, 0.05) is 6.08 Å². The Kier molecular flexibility index (Phi) is 3.30. The van der Waals surface area contributed by atoms with Gasteiger partial charge in [0.15, 0.2) is 5.78 Å². The lowest BCUT2D eigenvalue weighted by Gasteiger charge is -2.12. The molecule has 10 heavy (non-hydrogen) atoms. The van der Waals surface area contributed by atoms with Crippen molar-refractivity contribution in [3.05, 3.63) is 12.3 Å². The predicted octanol–water partition coefficient (Wildman–Crippen LogP) is 0.451. The summed E-state index contributed by atoms with van der Waals surface area (Å²) >= 11 is 0. The van der Waals surface area contributed by atoms with Gasteiger partial charge in [0.1, 0.15) is 0 Å². The molecule has 0 aliphatic heterocycles. The average molecular weight is 142 g/mol. The van der Waals surface area contributed by atoms with Crippen LogP contribution in [-0.2, 0) is 4.79 Å². The van der Waals surface area contributed by atoms with E-state index in [-0.39, 0.29) is 11.3 Å². The lowest BCUT2D eigenvalue weighted by Crippen LogP contribution is -2.89. The van der Waals surface area contributed by atoms with Crippen LogP contribution in [0.2, 0.25) is 0 Å². The number of nitrogens with two attached hydrogens (primary N) is 1. The third kappa shape index (κ3) is 7.37. The lowest BCUT2D eigenvalue weighted by atomic mass is 10.1. The van der Waals surface area contributed by atoms with Gasteiger partial charge in [-0.2, -0.15) is 0 Å². The summed E-state index contributed by atoms with van der Waals surface area (Å²) in [6, 6.07) is 0. The van der Waals surface area contributed by atoms with Gasteiger partial charge in [0.05, 0.1) is 11.7 Å². The molecular formula is C8H16NO+. The van der Waals surface area contributed by atoms with Crippen LogP contribution in [0.5, 0.6) is 0 Å². The van der Waals surface area contributed by atoms with Gasteiger partial charge in [-0.3, -0.25) is 4.79 Å². The highest BCUT2D eigenvalue weighted by atomic mass is 16.1. The van der Waals surface area contributed by atoms with E-state index in [4.69, 9.17) is 0 Å². The number of carbonyl (C=O) groups is 1. The molecule has 0 heterocycles. The van der Waals surface area contributed by atoms with Crippen LogP contribution < -0.4 is 5.32 Å². The van der Waals surface area contributed by atoms with Crippen LogP contribution >= 0.6 is 0 Å². The normalized spacial score (nSPS) is 12.4. The second-order valence-electron chi connectivity index (χ2n) is 3.50. The standard InChI is InChI=1S/C8H15NO/c1-7(10)5-6-9-8(2,3)4/h5-6,9H,1-4H3/p+1/b6-5+. The van der Waals surface area contributed by atoms with Gasteiger partial charge in [-0.05, 0) is 27.7 Å². The topological polar surface area (TPSA) is 33.7 Å². The van der Waals surface area contributed by atoms with Crippen LogP contribution in [0, 0.1) is 0 Å². The number of allylic oxidation sites excluding steroid dienone is 1. The first-order valence-corrected chi connectivity index (χ1v) is 3.45. The minimum Gasteiger partial charge on any atom is -0.316 e. The first-order chi connectivity index (χ1) is 4.42. The Morgan fingerprint density at radius 2 is 1.90 bits per heavy atom. The predicted molar refractivity (Wildman–Crippen MR) is 41.5 cm³/mol. The quantitative estimate of drug-likeness (QED) is 0.558. The van der Waals surface area contributed by atoms with Crippen LogP contribution in [0.1, 0.15) is 27.7 Å². The van der Waals surface area contributed by atoms with Crippen LogP contribution in [0.25, 0.3) is 0 Å². The van der Waals surface area contributed by atoms with Crippen molar-refractivity contribution in [2.45, 2.75) is 33.2 Å². The van der Waals surface area contributed by atoms with Crippen LogP contribution in [0.4, 0.5) is 0 Å². The fraction of sp³-hybridized carbons (Fsp3) is 0.625. The van der Waals surface area contributed by atoms with E-state index in [0.717, 1.165) is 0 Å². The highest BCUT2D eigenvalue weighted by molar-refractivity contribution is 5.86. The number of hydrogen-bond donors (Lipinski definition) is 1. The van der Waals surface area contributed by atoms with E-state index >= 15 is 0 Å². The first kappa shape index (κ1) is 9.37. The van der Waals surface area contributed by atoms with Gasteiger partial charge in [-0.15, -0.1) is 0 Å². The van der Waals surface area contributed by atoms with E-state index in [9.17, 15) is 4.79 Å². The van der Waals surface area contributed by atoms with Crippen molar-refractivity contribution in [3.8, 4) is 0 Å². The Hall–Kier alpha value is -0.630. The molecule has 0 fully saturated rings. The fourth-order valence-corrected chi connectivity index (χ4v) is 0.472. The Labute approximate surface area is 62.3 Å². The van der Waals surface area contributed by atoms with Gasteiger partial charge in [-0.1, -0.05) is 0 Å². The molecule has 0 amide bonds. The maximum absolute atomic E-state index is 10.4. The van der Waals surface area contributed by atoms with Crippen LogP contribution in [0.15, 0.2) is 12.3 Å². The van der Waals surface area contributed by atoms with Gasteiger partial charge in [0.2, 0.25) is 0 Å². The Bertz CT molecular complexity index is 142. The molecule has 0 unspecified atom stereocenters. The summed E-state index contributed by atoms with van der Waals surface area (Å²) in [6.07, 6.45) is 3.38. The van der Waals surface area contributed by atoms with E-state index in [1.165, 1.54) is 0 Å². The molecule has 0 aromatic heterocycles. The molecule has 58 valence electrons. The molecule has 2 heteroatoms. The number of quaternary nitrogens is 1. The van der Waals surface area contributed by atoms with Gasteiger partial charge < -0.3 is 5.32 Å².